The van der Waals surface area contributed by atoms with Gasteiger partial charge < -0.3 is 14.8 Å². The van der Waals surface area contributed by atoms with Crippen molar-refractivity contribution in [2.45, 2.75) is 31.9 Å². The number of nitrogens with one attached hydrogen (secondary N) is 1. The van der Waals surface area contributed by atoms with Gasteiger partial charge in [0, 0.05) is 24.7 Å². The number of carbonyl (C=O) groups excluding carboxylic acids is 1. The van der Waals surface area contributed by atoms with Gasteiger partial charge in [-0.15, -0.1) is 0 Å². The first-order chi connectivity index (χ1) is 10.8. The molecule has 120 valence electrons. The van der Waals surface area contributed by atoms with Crippen LogP contribution < -0.4 is 10.1 Å². The van der Waals surface area contributed by atoms with Crippen molar-refractivity contribution in [3.05, 3.63) is 29.8 Å². The number of benzene rings is 1. The van der Waals surface area contributed by atoms with Gasteiger partial charge in [0.05, 0.1) is 19.3 Å². The van der Waals surface area contributed by atoms with Crippen molar-refractivity contribution in [1.82, 2.24) is 10.2 Å². The quantitative estimate of drug-likeness (QED) is 0.899. The highest BCUT2D eigenvalue weighted by Crippen LogP contribution is 2.22. The van der Waals surface area contributed by atoms with Crippen molar-refractivity contribution >= 4 is 5.91 Å². The zero-order chi connectivity index (χ0) is 15.4. The highest BCUT2D eigenvalue weighted by molar-refractivity contribution is 5.94. The minimum absolute atomic E-state index is 0.0753. The third-order valence-electron chi connectivity index (χ3n) is 4.36. The van der Waals surface area contributed by atoms with Crippen molar-refractivity contribution in [1.29, 1.82) is 0 Å². The normalized spacial score (nSPS) is 24.8. The highest BCUT2D eigenvalue weighted by Gasteiger charge is 2.32. The predicted octanol–water partition coefficient (Wildman–Crippen LogP) is 1.68. The largest absolute Gasteiger partial charge is 0.494 e. The Kier molecular flexibility index (Phi) is 4.95. The van der Waals surface area contributed by atoms with Crippen LogP contribution in [0.15, 0.2) is 24.3 Å². The van der Waals surface area contributed by atoms with Crippen molar-refractivity contribution in [3.8, 4) is 5.75 Å². The molecule has 5 nitrogen and oxygen atoms in total. The molecular formula is C17H24N2O3. The van der Waals surface area contributed by atoms with Crippen molar-refractivity contribution in [2.75, 3.05) is 32.8 Å². The number of rotatable bonds is 5. The number of ether oxygens (including phenoxy) is 2. The van der Waals surface area contributed by atoms with Crippen LogP contribution in [0.4, 0.5) is 0 Å². The molecule has 0 unspecified atom stereocenters. The van der Waals surface area contributed by atoms with E-state index in [-0.39, 0.29) is 12.0 Å². The molecule has 2 aliphatic heterocycles. The van der Waals surface area contributed by atoms with Gasteiger partial charge in [-0.1, -0.05) is 6.07 Å². The summed E-state index contributed by atoms with van der Waals surface area (Å²) >= 11 is 0. The standard InChI is InChI=1S/C17H24N2O3/c1-2-21-15-7-3-5-13(9-15)17(20)18-10-16-11-19-8-4-6-14(19)12-22-16/h3,5,7,9,14,16H,2,4,6,8,10-12H2,1H3,(H,18,20)/t14-,16-/m0/s1. The van der Waals surface area contributed by atoms with E-state index in [1.807, 2.05) is 19.1 Å². The summed E-state index contributed by atoms with van der Waals surface area (Å²) in [6.07, 6.45) is 2.59. The Morgan fingerprint density at radius 2 is 2.41 bits per heavy atom. The summed E-state index contributed by atoms with van der Waals surface area (Å²) in [5.41, 5.74) is 0.626. The number of fused-ring (bicyclic) bond motifs is 1. The van der Waals surface area contributed by atoms with Gasteiger partial charge in [-0.3, -0.25) is 9.69 Å². The number of hydrogen-bond acceptors (Lipinski definition) is 4. The number of amides is 1. The molecule has 0 aliphatic carbocycles. The van der Waals surface area contributed by atoms with Gasteiger partial charge in [0.1, 0.15) is 5.75 Å². The van der Waals surface area contributed by atoms with Crippen LogP contribution in [0.25, 0.3) is 0 Å². The molecule has 1 N–H and O–H groups in total. The average molecular weight is 304 g/mol. The monoisotopic (exact) mass is 304 g/mol. The number of hydrogen-bond donors (Lipinski definition) is 1. The van der Waals surface area contributed by atoms with E-state index in [1.54, 1.807) is 12.1 Å². The first kappa shape index (κ1) is 15.3. The summed E-state index contributed by atoms with van der Waals surface area (Å²) in [5, 5.41) is 2.97. The first-order valence-electron chi connectivity index (χ1n) is 8.13. The Labute approximate surface area is 131 Å². The Bertz CT molecular complexity index is 520. The molecule has 0 bridgehead atoms. The second-order valence-corrected chi connectivity index (χ2v) is 5.92. The molecule has 2 atom stereocenters. The van der Waals surface area contributed by atoms with Gasteiger partial charge in [0.2, 0.25) is 0 Å². The van der Waals surface area contributed by atoms with Gasteiger partial charge >= 0.3 is 0 Å². The van der Waals surface area contributed by atoms with Gasteiger partial charge in [-0.25, -0.2) is 0 Å². The van der Waals surface area contributed by atoms with E-state index in [0.717, 1.165) is 25.4 Å². The van der Waals surface area contributed by atoms with Gasteiger partial charge in [-0.05, 0) is 44.5 Å². The van der Waals surface area contributed by atoms with Gasteiger partial charge in [-0.2, -0.15) is 0 Å². The number of nitrogens with zero attached hydrogens (tertiary/aromatic N) is 1. The lowest BCUT2D eigenvalue weighted by Gasteiger charge is -2.35. The molecule has 22 heavy (non-hydrogen) atoms. The van der Waals surface area contributed by atoms with Crippen molar-refractivity contribution in [3.63, 3.8) is 0 Å². The van der Waals surface area contributed by atoms with E-state index >= 15 is 0 Å². The van der Waals surface area contributed by atoms with Crippen LogP contribution in [0.5, 0.6) is 5.75 Å². The topological polar surface area (TPSA) is 50.8 Å². The summed E-state index contributed by atoms with van der Waals surface area (Å²) in [6, 6.07) is 7.87. The van der Waals surface area contributed by atoms with Crippen LogP contribution >= 0.6 is 0 Å². The van der Waals surface area contributed by atoms with Crippen molar-refractivity contribution < 1.29 is 14.3 Å². The third-order valence-corrected chi connectivity index (χ3v) is 4.36. The highest BCUT2D eigenvalue weighted by atomic mass is 16.5. The molecule has 0 radical (unpaired) electrons. The fraction of sp³-hybridized carbons (Fsp3) is 0.588. The van der Waals surface area contributed by atoms with Crippen LogP contribution in [0.3, 0.4) is 0 Å². The van der Waals surface area contributed by atoms with E-state index in [0.29, 0.717) is 24.8 Å². The molecule has 2 aliphatic rings. The molecule has 3 rings (SSSR count). The smallest absolute Gasteiger partial charge is 0.251 e. The lowest BCUT2D eigenvalue weighted by molar-refractivity contribution is -0.0461. The fourth-order valence-corrected chi connectivity index (χ4v) is 3.21. The van der Waals surface area contributed by atoms with Crippen molar-refractivity contribution in [2.24, 2.45) is 0 Å². The Hall–Kier alpha value is -1.59. The maximum absolute atomic E-state index is 12.2. The summed E-state index contributed by atoms with van der Waals surface area (Å²) in [5.74, 6) is 0.651. The lowest BCUT2D eigenvalue weighted by atomic mass is 10.1. The maximum atomic E-state index is 12.2. The number of morpholine rings is 1. The summed E-state index contributed by atoms with van der Waals surface area (Å²) < 4.78 is 11.3. The molecule has 2 saturated heterocycles. The van der Waals surface area contributed by atoms with Crippen LogP contribution in [0.2, 0.25) is 0 Å². The van der Waals surface area contributed by atoms with Crippen LogP contribution in [0, 0.1) is 0 Å². The Balaban J connectivity index is 1.50. The molecule has 1 aromatic carbocycles. The molecule has 0 spiro atoms. The van der Waals surface area contributed by atoms with Gasteiger partial charge in [0.25, 0.3) is 5.91 Å². The Morgan fingerprint density at radius 1 is 1.50 bits per heavy atom. The maximum Gasteiger partial charge on any atom is 0.251 e. The van der Waals surface area contributed by atoms with Crippen LogP contribution in [-0.2, 0) is 4.74 Å². The SMILES string of the molecule is CCOc1cccc(C(=O)NC[C@H]2CN3CCC[C@H]3CO2)c1. The fourth-order valence-electron chi connectivity index (χ4n) is 3.21. The third kappa shape index (κ3) is 3.59. The van der Waals surface area contributed by atoms with Gasteiger partial charge in [0.15, 0.2) is 0 Å². The molecule has 0 aromatic heterocycles. The summed E-state index contributed by atoms with van der Waals surface area (Å²) in [7, 11) is 0. The molecular weight excluding hydrogens is 280 g/mol. The van der Waals surface area contributed by atoms with E-state index in [4.69, 9.17) is 9.47 Å². The summed E-state index contributed by atoms with van der Waals surface area (Å²) in [6.45, 7) is 5.96. The number of carbonyl (C=O) groups is 1. The minimum atomic E-state index is -0.0753. The second kappa shape index (κ2) is 7.11. The molecule has 1 aromatic rings. The van der Waals surface area contributed by atoms with E-state index in [2.05, 4.69) is 10.2 Å². The molecule has 0 saturated carbocycles. The molecule has 2 fully saturated rings. The van der Waals surface area contributed by atoms with Crippen LogP contribution in [0.1, 0.15) is 30.1 Å². The predicted molar refractivity (Wildman–Crippen MR) is 84.3 cm³/mol. The molecule has 5 heteroatoms. The Morgan fingerprint density at radius 3 is 3.27 bits per heavy atom. The first-order valence-corrected chi connectivity index (χ1v) is 8.13. The van der Waals surface area contributed by atoms with E-state index < -0.39 is 0 Å². The average Bonchev–Trinajstić information content (AvgIpc) is 3.01. The minimum Gasteiger partial charge on any atom is -0.494 e. The van der Waals surface area contributed by atoms with E-state index in [1.165, 1.54) is 12.8 Å². The zero-order valence-electron chi connectivity index (χ0n) is 13.1. The molecule has 2 heterocycles. The zero-order valence-corrected chi connectivity index (χ0v) is 13.1. The second-order valence-electron chi connectivity index (χ2n) is 5.92. The van der Waals surface area contributed by atoms with Crippen LogP contribution in [-0.4, -0.2) is 55.8 Å². The molecule has 1 amide bonds. The lowest BCUT2D eigenvalue weighted by Crippen LogP contribution is -2.50. The summed E-state index contributed by atoms with van der Waals surface area (Å²) in [4.78, 5) is 14.7. The van der Waals surface area contributed by atoms with E-state index in [9.17, 15) is 4.79 Å².